The predicted molar refractivity (Wildman–Crippen MR) is 60.5 cm³/mol. The van der Waals surface area contributed by atoms with Crippen LogP contribution in [0.3, 0.4) is 0 Å². The molecule has 0 saturated carbocycles. The quantitative estimate of drug-likeness (QED) is 0.605. The highest BCUT2D eigenvalue weighted by Gasteiger charge is 2.37. The van der Waals surface area contributed by atoms with Gasteiger partial charge < -0.3 is 9.47 Å². The number of rotatable bonds is 4. The summed E-state index contributed by atoms with van der Waals surface area (Å²) in [5.74, 6) is -2.54. The first-order valence-electron chi connectivity index (χ1n) is 5.68. The van der Waals surface area contributed by atoms with Gasteiger partial charge in [0.1, 0.15) is 6.61 Å². The Labute approximate surface area is 115 Å². The van der Waals surface area contributed by atoms with Crippen LogP contribution in [0.2, 0.25) is 0 Å². The molecule has 0 radical (unpaired) electrons. The van der Waals surface area contributed by atoms with Gasteiger partial charge in [-0.25, -0.2) is 4.79 Å². The van der Waals surface area contributed by atoms with Crippen LogP contribution >= 0.6 is 0 Å². The van der Waals surface area contributed by atoms with Crippen LogP contribution in [0.4, 0.5) is 13.2 Å². The van der Waals surface area contributed by atoms with Gasteiger partial charge >= 0.3 is 12.1 Å². The van der Waals surface area contributed by atoms with E-state index in [2.05, 4.69) is 20.3 Å². The van der Waals surface area contributed by atoms with Gasteiger partial charge in [0.15, 0.2) is 5.69 Å². The van der Waals surface area contributed by atoms with E-state index in [4.69, 9.17) is 9.47 Å². The van der Waals surface area contributed by atoms with Crippen LogP contribution < -0.4 is 0 Å². The van der Waals surface area contributed by atoms with E-state index in [1.807, 2.05) is 0 Å². The Morgan fingerprint density at radius 2 is 2.00 bits per heavy atom. The number of nitrogens with zero attached hydrogens (tertiary/aromatic N) is 5. The molecule has 0 aliphatic heterocycles. The second-order valence-corrected chi connectivity index (χ2v) is 3.91. The van der Waals surface area contributed by atoms with Gasteiger partial charge in [-0.15, -0.1) is 15.3 Å². The lowest BCUT2D eigenvalue weighted by atomic mass is 10.3. The van der Waals surface area contributed by atoms with Crippen molar-refractivity contribution in [3.05, 3.63) is 17.2 Å². The molecule has 2 aromatic rings. The number of methoxy groups -OCH3 is 1. The maximum absolute atomic E-state index is 12.5. The Morgan fingerprint density at radius 1 is 1.29 bits per heavy atom. The Kier molecular flexibility index (Phi) is 4.02. The van der Waals surface area contributed by atoms with E-state index in [1.165, 1.54) is 14.0 Å². The summed E-state index contributed by atoms with van der Waals surface area (Å²) in [4.78, 5) is 14.9. The van der Waals surface area contributed by atoms with Gasteiger partial charge in [0.25, 0.3) is 11.6 Å². The molecule has 21 heavy (non-hydrogen) atoms. The maximum atomic E-state index is 12.5. The summed E-state index contributed by atoms with van der Waals surface area (Å²) in [7, 11) is 1.43. The molecule has 0 fully saturated rings. The van der Waals surface area contributed by atoms with E-state index in [-0.39, 0.29) is 30.4 Å². The summed E-state index contributed by atoms with van der Waals surface area (Å²) < 4.78 is 47.9. The van der Waals surface area contributed by atoms with Crippen molar-refractivity contribution in [3.8, 4) is 0 Å². The van der Waals surface area contributed by atoms with Crippen LogP contribution in [0, 0.1) is 6.92 Å². The summed E-state index contributed by atoms with van der Waals surface area (Å²) >= 11 is 0. The molecule has 0 aliphatic rings. The molecule has 0 bridgehead atoms. The van der Waals surface area contributed by atoms with Crippen LogP contribution in [0.5, 0.6) is 0 Å². The summed E-state index contributed by atoms with van der Waals surface area (Å²) in [6, 6.07) is 0. The lowest BCUT2D eigenvalue weighted by Gasteiger charge is -2.05. The second-order valence-electron chi connectivity index (χ2n) is 3.91. The normalized spacial score (nSPS) is 11.9. The number of hydrogen-bond acceptors (Lipinski definition) is 7. The van der Waals surface area contributed by atoms with Crippen molar-refractivity contribution in [1.29, 1.82) is 0 Å². The number of aryl methyl sites for hydroxylation is 1. The number of carbonyl (C=O) groups excluding carboxylic acids is 1. The molecule has 0 unspecified atom stereocenters. The first kappa shape index (κ1) is 15.1. The van der Waals surface area contributed by atoms with Crippen LogP contribution in [-0.2, 0) is 15.7 Å². The third-order valence-electron chi connectivity index (χ3n) is 2.46. The summed E-state index contributed by atoms with van der Waals surface area (Å²) in [6.45, 7) is 1.53. The summed E-state index contributed by atoms with van der Waals surface area (Å²) in [6.07, 6.45) is -4.71. The number of fused-ring (bicyclic) bond motifs is 1. The lowest BCUT2D eigenvalue weighted by molar-refractivity contribution is -0.144. The molecule has 11 heteroatoms. The van der Waals surface area contributed by atoms with Gasteiger partial charge in [0.05, 0.1) is 12.3 Å². The van der Waals surface area contributed by atoms with Crippen LogP contribution in [0.1, 0.15) is 22.0 Å². The third-order valence-corrected chi connectivity index (χ3v) is 2.46. The zero-order valence-electron chi connectivity index (χ0n) is 11.0. The number of carbonyl (C=O) groups is 1. The zero-order chi connectivity index (χ0) is 15.6. The topological polar surface area (TPSA) is 91.5 Å². The number of esters is 1. The van der Waals surface area contributed by atoms with Gasteiger partial charge in [-0.2, -0.15) is 22.7 Å². The van der Waals surface area contributed by atoms with Crippen molar-refractivity contribution >= 4 is 11.7 Å². The molecule has 2 aromatic heterocycles. The van der Waals surface area contributed by atoms with Crippen molar-refractivity contribution in [3.63, 3.8) is 0 Å². The van der Waals surface area contributed by atoms with Gasteiger partial charge in [0.2, 0.25) is 0 Å². The molecule has 0 aromatic carbocycles. The van der Waals surface area contributed by atoms with Gasteiger partial charge in [0, 0.05) is 7.11 Å². The number of aromatic nitrogens is 5. The molecular weight excluding hydrogens is 295 g/mol. The van der Waals surface area contributed by atoms with Gasteiger partial charge in [-0.1, -0.05) is 0 Å². The summed E-state index contributed by atoms with van der Waals surface area (Å²) in [5.41, 5.74) is -0.192. The van der Waals surface area contributed by atoms with Crippen LogP contribution in [0.25, 0.3) is 5.78 Å². The SMILES string of the molecule is COCCOC(=O)c1nnc2nc(C(F)(F)F)nn2c1C. The minimum absolute atomic E-state index is 0.0142. The minimum atomic E-state index is -4.71. The molecule has 2 heterocycles. The average molecular weight is 305 g/mol. The molecule has 0 saturated heterocycles. The van der Waals surface area contributed by atoms with Gasteiger partial charge in [-0.05, 0) is 6.92 Å². The highest BCUT2D eigenvalue weighted by Crippen LogP contribution is 2.26. The molecule has 2 rings (SSSR count). The van der Waals surface area contributed by atoms with E-state index in [0.717, 1.165) is 4.52 Å². The molecule has 0 aliphatic carbocycles. The van der Waals surface area contributed by atoms with E-state index in [1.54, 1.807) is 0 Å². The molecule has 0 N–H and O–H groups in total. The van der Waals surface area contributed by atoms with E-state index >= 15 is 0 Å². The smallest absolute Gasteiger partial charge is 0.453 e. The zero-order valence-corrected chi connectivity index (χ0v) is 11.0. The molecular formula is C10H10F3N5O3. The number of alkyl halides is 3. The fourth-order valence-corrected chi connectivity index (χ4v) is 1.46. The first-order chi connectivity index (χ1) is 9.84. The van der Waals surface area contributed by atoms with Crippen molar-refractivity contribution < 1.29 is 27.4 Å². The molecule has 0 amide bonds. The van der Waals surface area contributed by atoms with Crippen LogP contribution in [0.15, 0.2) is 0 Å². The average Bonchev–Trinajstić information content (AvgIpc) is 2.84. The third kappa shape index (κ3) is 3.07. The highest BCUT2D eigenvalue weighted by molar-refractivity contribution is 5.88. The van der Waals surface area contributed by atoms with Gasteiger partial charge in [-0.3, -0.25) is 0 Å². The van der Waals surface area contributed by atoms with E-state index in [9.17, 15) is 18.0 Å². The fourth-order valence-electron chi connectivity index (χ4n) is 1.46. The Morgan fingerprint density at radius 3 is 2.62 bits per heavy atom. The van der Waals surface area contributed by atoms with E-state index in [0.29, 0.717) is 0 Å². The van der Waals surface area contributed by atoms with Crippen molar-refractivity contribution in [2.24, 2.45) is 0 Å². The molecule has 114 valence electrons. The second kappa shape index (κ2) is 5.60. The first-order valence-corrected chi connectivity index (χ1v) is 5.68. The van der Waals surface area contributed by atoms with Crippen LogP contribution in [-0.4, -0.2) is 51.1 Å². The molecule has 0 spiro atoms. The lowest BCUT2D eigenvalue weighted by Crippen LogP contribution is -2.16. The molecule has 0 atom stereocenters. The fraction of sp³-hybridized carbons (Fsp3) is 0.500. The maximum Gasteiger partial charge on any atom is 0.453 e. The highest BCUT2D eigenvalue weighted by atomic mass is 19.4. The Hall–Kier alpha value is -2.30. The summed E-state index contributed by atoms with van der Waals surface area (Å²) in [5, 5.41) is 10.2. The van der Waals surface area contributed by atoms with E-state index < -0.39 is 18.0 Å². The van der Waals surface area contributed by atoms with Crippen molar-refractivity contribution in [2.75, 3.05) is 20.3 Å². The molecule has 8 nitrogen and oxygen atoms in total. The monoisotopic (exact) mass is 305 g/mol. The van der Waals surface area contributed by atoms with Crippen molar-refractivity contribution in [2.45, 2.75) is 13.1 Å². The largest absolute Gasteiger partial charge is 0.458 e. The standard InChI is InChI=1S/C10H10F3N5O3/c1-5-6(7(19)21-4-3-20-2)15-16-9-14-8(10(11,12)13)17-18(5)9/h3-4H2,1-2H3. The predicted octanol–water partition coefficient (Wildman–Crippen LogP) is 0.650. The number of hydrogen-bond donors (Lipinski definition) is 0. The van der Waals surface area contributed by atoms with Crippen molar-refractivity contribution in [1.82, 2.24) is 24.8 Å². The minimum Gasteiger partial charge on any atom is -0.458 e. The Balaban J connectivity index is 2.35. The number of ether oxygens (including phenoxy) is 2. The number of halogens is 3. The Bertz CT molecular complexity index is 670.